The van der Waals surface area contributed by atoms with E-state index in [9.17, 15) is 0 Å². The van der Waals surface area contributed by atoms with Crippen molar-refractivity contribution in [3.05, 3.63) is 66.1 Å². The molecule has 0 spiro atoms. The zero-order valence-corrected chi connectivity index (χ0v) is 18.1. The van der Waals surface area contributed by atoms with Crippen molar-refractivity contribution in [2.45, 2.75) is 39.2 Å². The smallest absolute Gasteiger partial charge is 0.228 e. The molecule has 4 aromatic rings. The van der Waals surface area contributed by atoms with Gasteiger partial charge in [0.2, 0.25) is 5.95 Å². The zero-order chi connectivity index (χ0) is 21.9. The third-order valence-corrected chi connectivity index (χ3v) is 5.54. The molecule has 1 N–H and O–H groups in total. The van der Waals surface area contributed by atoms with Crippen LogP contribution in [0.25, 0.3) is 11.4 Å². The summed E-state index contributed by atoms with van der Waals surface area (Å²) in [4.78, 5) is 24.8. The molecule has 1 saturated heterocycles. The van der Waals surface area contributed by atoms with E-state index in [4.69, 9.17) is 14.5 Å². The minimum atomic E-state index is 0.0167. The normalized spacial score (nSPS) is 15.8. The van der Waals surface area contributed by atoms with E-state index >= 15 is 0 Å². The molecule has 0 aliphatic carbocycles. The summed E-state index contributed by atoms with van der Waals surface area (Å²) in [5.74, 6) is 2.94. The van der Waals surface area contributed by atoms with Gasteiger partial charge in [0.05, 0.1) is 11.7 Å². The van der Waals surface area contributed by atoms with Crippen LogP contribution in [0.1, 0.15) is 43.0 Å². The molecule has 5 rings (SSSR count). The topological polar surface area (TPSA) is 106 Å². The van der Waals surface area contributed by atoms with Crippen LogP contribution in [-0.4, -0.2) is 36.6 Å². The van der Waals surface area contributed by atoms with Gasteiger partial charge in [-0.2, -0.15) is 4.98 Å². The summed E-state index contributed by atoms with van der Waals surface area (Å²) >= 11 is 0. The Morgan fingerprint density at radius 2 is 1.97 bits per heavy atom. The Labute approximate surface area is 186 Å². The quantitative estimate of drug-likeness (QED) is 0.482. The maximum absolute atomic E-state index is 5.75. The Bertz CT molecular complexity index is 1210. The maximum atomic E-state index is 5.75. The Balaban J connectivity index is 1.44. The van der Waals surface area contributed by atoms with E-state index < -0.39 is 0 Å². The molecular formula is C23H24N8O. The van der Waals surface area contributed by atoms with Crippen molar-refractivity contribution < 1.29 is 4.52 Å². The van der Waals surface area contributed by atoms with Crippen molar-refractivity contribution in [1.82, 2.24) is 30.1 Å². The average molecular weight is 429 g/mol. The van der Waals surface area contributed by atoms with Crippen molar-refractivity contribution in [1.29, 1.82) is 0 Å². The van der Waals surface area contributed by atoms with E-state index in [-0.39, 0.29) is 6.04 Å². The van der Waals surface area contributed by atoms with Crippen LogP contribution < -0.4 is 10.2 Å². The Hall–Kier alpha value is -3.88. The number of nitrogens with one attached hydrogen (secondary N) is 1. The Morgan fingerprint density at radius 1 is 1.06 bits per heavy atom. The third kappa shape index (κ3) is 4.01. The molecule has 5 heterocycles. The van der Waals surface area contributed by atoms with Crippen molar-refractivity contribution in [2.75, 3.05) is 16.8 Å². The number of hydrogen-bond donors (Lipinski definition) is 1. The van der Waals surface area contributed by atoms with Crippen LogP contribution in [0, 0.1) is 6.92 Å². The van der Waals surface area contributed by atoms with Crippen molar-refractivity contribution in [3.63, 3.8) is 0 Å². The fourth-order valence-electron chi connectivity index (χ4n) is 3.94. The molecule has 9 heteroatoms. The predicted octanol–water partition coefficient (Wildman–Crippen LogP) is 4.27. The summed E-state index contributed by atoms with van der Waals surface area (Å²) < 4.78 is 5.75. The SMILES string of the molecule is CCc1cc(Nc2ccccn2)nc(N2CCC[C@H]2c2cc(-c3nccnc3C)no2)n1. The van der Waals surface area contributed by atoms with Gasteiger partial charge >= 0.3 is 0 Å². The summed E-state index contributed by atoms with van der Waals surface area (Å²) in [7, 11) is 0. The molecule has 32 heavy (non-hydrogen) atoms. The second-order valence-electron chi connectivity index (χ2n) is 7.69. The van der Waals surface area contributed by atoms with Crippen LogP contribution in [0.5, 0.6) is 0 Å². The number of aryl methyl sites for hydroxylation is 2. The summed E-state index contributed by atoms with van der Waals surface area (Å²) in [5.41, 5.74) is 3.21. The Kier molecular flexibility index (Phi) is 5.45. The van der Waals surface area contributed by atoms with Crippen LogP contribution in [0.15, 0.2) is 53.4 Å². The Morgan fingerprint density at radius 3 is 2.78 bits per heavy atom. The summed E-state index contributed by atoms with van der Waals surface area (Å²) in [6.45, 7) is 4.85. The van der Waals surface area contributed by atoms with Crippen LogP contribution >= 0.6 is 0 Å². The van der Waals surface area contributed by atoms with Gasteiger partial charge in [-0.05, 0) is 38.3 Å². The van der Waals surface area contributed by atoms with Gasteiger partial charge in [-0.15, -0.1) is 0 Å². The lowest BCUT2D eigenvalue weighted by Crippen LogP contribution is -2.25. The predicted molar refractivity (Wildman–Crippen MR) is 121 cm³/mol. The number of aromatic nitrogens is 6. The maximum Gasteiger partial charge on any atom is 0.228 e. The highest BCUT2D eigenvalue weighted by Crippen LogP contribution is 2.36. The molecule has 1 aliphatic rings. The fourth-order valence-corrected chi connectivity index (χ4v) is 3.94. The highest BCUT2D eigenvalue weighted by atomic mass is 16.5. The molecule has 0 aromatic carbocycles. The van der Waals surface area contributed by atoms with Crippen LogP contribution in [0.3, 0.4) is 0 Å². The molecule has 0 saturated carbocycles. The number of pyridine rings is 1. The van der Waals surface area contributed by atoms with E-state index in [1.165, 1.54) is 0 Å². The lowest BCUT2D eigenvalue weighted by Gasteiger charge is -2.23. The van der Waals surface area contributed by atoms with Gasteiger partial charge in [-0.1, -0.05) is 18.1 Å². The van der Waals surface area contributed by atoms with Gasteiger partial charge in [0.1, 0.15) is 23.0 Å². The molecular weight excluding hydrogens is 404 g/mol. The molecule has 1 aliphatic heterocycles. The standard InChI is InChI=1S/C23H24N8O/c1-3-16-13-21(28-20-8-4-5-9-25-20)29-23(27-16)31-12-6-7-18(31)19-14-17(30-32-19)22-15(2)24-10-11-26-22/h4-5,8-11,13-14,18H,3,6-7,12H2,1-2H3,(H,25,27,28,29)/t18-/m0/s1. The molecule has 0 bridgehead atoms. The third-order valence-electron chi connectivity index (χ3n) is 5.54. The lowest BCUT2D eigenvalue weighted by molar-refractivity contribution is 0.362. The zero-order valence-electron chi connectivity index (χ0n) is 18.1. The van der Waals surface area contributed by atoms with Gasteiger partial charge in [0.25, 0.3) is 0 Å². The molecule has 0 amide bonds. The monoisotopic (exact) mass is 428 g/mol. The highest BCUT2D eigenvalue weighted by molar-refractivity contribution is 5.57. The molecule has 9 nitrogen and oxygen atoms in total. The molecule has 1 atom stereocenters. The van der Waals surface area contributed by atoms with Gasteiger partial charge in [-0.25, -0.2) is 9.97 Å². The highest BCUT2D eigenvalue weighted by Gasteiger charge is 2.32. The minimum Gasteiger partial charge on any atom is -0.358 e. The largest absolute Gasteiger partial charge is 0.358 e. The van der Waals surface area contributed by atoms with E-state index in [0.29, 0.717) is 11.6 Å². The number of anilines is 3. The minimum absolute atomic E-state index is 0.0167. The van der Waals surface area contributed by atoms with E-state index in [2.05, 4.69) is 37.2 Å². The van der Waals surface area contributed by atoms with Crippen LogP contribution in [0.4, 0.5) is 17.6 Å². The number of rotatable bonds is 6. The van der Waals surface area contributed by atoms with E-state index in [1.807, 2.05) is 37.3 Å². The van der Waals surface area contributed by atoms with Gasteiger partial charge in [0, 0.05) is 43.0 Å². The average Bonchev–Trinajstić information content (AvgIpc) is 3.49. The van der Waals surface area contributed by atoms with Crippen LogP contribution in [0.2, 0.25) is 0 Å². The summed E-state index contributed by atoms with van der Waals surface area (Å²) in [5, 5.41) is 7.55. The summed E-state index contributed by atoms with van der Waals surface area (Å²) in [6, 6.07) is 9.68. The van der Waals surface area contributed by atoms with E-state index in [1.54, 1.807) is 18.6 Å². The van der Waals surface area contributed by atoms with Gasteiger partial charge in [0.15, 0.2) is 5.76 Å². The first-order valence-electron chi connectivity index (χ1n) is 10.8. The first-order chi connectivity index (χ1) is 15.7. The number of nitrogens with zero attached hydrogens (tertiary/aromatic N) is 7. The van der Waals surface area contributed by atoms with Crippen molar-refractivity contribution in [3.8, 4) is 11.4 Å². The van der Waals surface area contributed by atoms with Crippen LogP contribution in [-0.2, 0) is 6.42 Å². The molecule has 0 radical (unpaired) electrons. The first kappa shape index (κ1) is 20.0. The molecule has 1 fully saturated rings. The summed E-state index contributed by atoms with van der Waals surface area (Å²) in [6.07, 6.45) is 7.86. The molecule has 162 valence electrons. The number of hydrogen-bond acceptors (Lipinski definition) is 9. The second-order valence-corrected chi connectivity index (χ2v) is 7.69. The molecule has 0 unspecified atom stereocenters. The fraction of sp³-hybridized carbons (Fsp3) is 0.304. The van der Waals surface area contributed by atoms with E-state index in [0.717, 1.165) is 60.3 Å². The van der Waals surface area contributed by atoms with Crippen molar-refractivity contribution >= 4 is 17.6 Å². The van der Waals surface area contributed by atoms with Gasteiger partial charge < -0.3 is 14.7 Å². The second kappa shape index (κ2) is 8.70. The van der Waals surface area contributed by atoms with Crippen molar-refractivity contribution in [2.24, 2.45) is 0 Å². The first-order valence-corrected chi connectivity index (χ1v) is 10.8. The molecule has 4 aromatic heterocycles. The van der Waals surface area contributed by atoms with Gasteiger partial charge in [-0.3, -0.25) is 9.97 Å². The lowest BCUT2D eigenvalue weighted by atomic mass is 10.1.